The van der Waals surface area contributed by atoms with Crippen LogP contribution in [0.2, 0.25) is 0 Å². The Labute approximate surface area is 107 Å². The van der Waals surface area contributed by atoms with E-state index in [0.717, 1.165) is 24.4 Å². The van der Waals surface area contributed by atoms with Gasteiger partial charge in [-0.3, -0.25) is 4.90 Å². The summed E-state index contributed by atoms with van der Waals surface area (Å²) >= 11 is 0. The van der Waals surface area contributed by atoms with Crippen molar-refractivity contribution in [2.45, 2.75) is 70.9 Å². The lowest BCUT2D eigenvalue weighted by molar-refractivity contribution is 0.00926. The highest BCUT2D eigenvalue weighted by atomic mass is 15.3. The molecular formula is C15H30N2. The van der Waals surface area contributed by atoms with E-state index in [0.29, 0.717) is 5.54 Å². The van der Waals surface area contributed by atoms with Gasteiger partial charge in [-0.1, -0.05) is 20.8 Å². The second-order valence-corrected chi connectivity index (χ2v) is 6.68. The van der Waals surface area contributed by atoms with Crippen LogP contribution >= 0.6 is 0 Å². The molecule has 2 fully saturated rings. The minimum Gasteiger partial charge on any atom is -0.329 e. The molecule has 2 nitrogen and oxygen atoms in total. The van der Waals surface area contributed by atoms with Crippen LogP contribution < -0.4 is 5.73 Å². The SMILES string of the molecule is CCC1CCCN1C1(CN)CC(C)CC(C)C1. The van der Waals surface area contributed by atoms with E-state index in [1.54, 1.807) is 0 Å². The Morgan fingerprint density at radius 3 is 2.41 bits per heavy atom. The first-order valence-electron chi connectivity index (χ1n) is 7.58. The summed E-state index contributed by atoms with van der Waals surface area (Å²) in [4.78, 5) is 2.79. The Kier molecular flexibility index (Phi) is 4.14. The zero-order valence-electron chi connectivity index (χ0n) is 11.9. The fraction of sp³-hybridized carbons (Fsp3) is 1.00. The van der Waals surface area contributed by atoms with Crippen LogP contribution in [-0.4, -0.2) is 29.6 Å². The molecule has 1 heterocycles. The van der Waals surface area contributed by atoms with Crippen LogP contribution in [0.4, 0.5) is 0 Å². The topological polar surface area (TPSA) is 29.3 Å². The monoisotopic (exact) mass is 238 g/mol. The molecule has 0 bridgehead atoms. The zero-order valence-corrected chi connectivity index (χ0v) is 11.9. The maximum atomic E-state index is 6.22. The third kappa shape index (κ3) is 2.53. The third-order valence-corrected chi connectivity index (χ3v) is 5.10. The molecule has 17 heavy (non-hydrogen) atoms. The van der Waals surface area contributed by atoms with Crippen LogP contribution in [0.3, 0.4) is 0 Å². The van der Waals surface area contributed by atoms with Crippen molar-refractivity contribution in [3.05, 3.63) is 0 Å². The summed E-state index contributed by atoms with van der Waals surface area (Å²) in [5.41, 5.74) is 6.55. The van der Waals surface area contributed by atoms with Crippen molar-refractivity contribution in [1.29, 1.82) is 0 Å². The van der Waals surface area contributed by atoms with Crippen molar-refractivity contribution < 1.29 is 0 Å². The maximum Gasteiger partial charge on any atom is 0.0339 e. The molecular weight excluding hydrogens is 208 g/mol. The van der Waals surface area contributed by atoms with Crippen molar-refractivity contribution in [3.8, 4) is 0 Å². The molecule has 3 unspecified atom stereocenters. The summed E-state index contributed by atoms with van der Waals surface area (Å²) in [6.07, 6.45) is 8.11. The van der Waals surface area contributed by atoms with Gasteiger partial charge in [0.25, 0.3) is 0 Å². The van der Waals surface area contributed by atoms with Crippen molar-refractivity contribution in [2.75, 3.05) is 13.1 Å². The van der Waals surface area contributed by atoms with Crippen molar-refractivity contribution in [1.82, 2.24) is 4.90 Å². The van der Waals surface area contributed by atoms with E-state index < -0.39 is 0 Å². The van der Waals surface area contributed by atoms with E-state index in [1.165, 1.54) is 45.1 Å². The highest BCUT2D eigenvalue weighted by molar-refractivity contribution is 5.01. The largest absolute Gasteiger partial charge is 0.329 e. The molecule has 2 rings (SSSR count). The second-order valence-electron chi connectivity index (χ2n) is 6.68. The first-order chi connectivity index (χ1) is 8.11. The Morgan fingerprint density at radius 1 is 1.24 bits per heavy atom. The molecule has 1 aliphatic carbocycles. The first-order valence-corrected chi connectivity index (χ1v) is 7.58. The van der Waals surface area contributed by atoms with E-state index in [-0.39, 0.29) is 0 Å². The Bertz CT molecular complexity index is 241. The summed E-state index contributed by atoms with van der Waals surface area (Å²) < 4.78 is 0. The fourth-order valence-electron chi connectivity index (χ4n) is 4.64. The summed E-state index contributed by atoms with van der Waals surface area (Å²) in [6.45, 7) is 9.31. The molecule has 1 aliphatic heterocycles. The predicted octanol–water partition coefficient (Wildman–Crippen LogP) is 3.01. The van der Waals surface area contributed by atoms with Crippen LogP contribution in [0.25, 0.3) is 0 Å². The highest BCUT2D eigenvalue weighted by Gasteiger charge is 2.45. The number of nitrogens with zero attached hydrogens (tertiary/aromatic N) is 1. The molecule has 0 amide bonds. The maximum absolute atomic E-state index is 6.22. The van der Waals surface area contributed by atoms with Gasteiger partial charge in [-0.2, -0.15) is 0 Å². The van der Waals surface area contributed by atoms with E-state index in [9.17, 15) is 0 Å². The summed E-state index contributed by atoms with van der Waals surface area (Å²) in [6, 6.07) is 0.802. The summed E-state index contributed by atoms with van der Waals surface area (Å²) in [5, 5.41) is 0. The number of hydrogen-bond donors (Lipinski definition) is 1. The number of rotatable bonds is 3. The summed E-state index contributed by atoms with van der Waals surface area (Å²) in [5.74, 6) is 1.70. The minimum absolute atomic E-state index is 0.328. The zero-order chi connectivity index (χ0) is 12.5. The van der Waals surface area contributed by atoms with Gasteiger partial charge in [-0.25, -0.2) is 0 Å². The molecule has 2 N–H and O–H groups in total. The number of hydrogen-bond acceptors (Lipinski definition) is 2. The molecule has 3 atom stereocenters. The Hall–Kier alpha value is -0.0800. The predicted molar refractivity (Wildman–Crippen MR) is 74.0 cm³/mol. The van der Waals surface area contributed by atoms with Crippen LogP contribution in [0.5, 0.6) is 0 Å². The van der Waals surface area contributed by atoms with Gasteiger partial charge < -0.3 is 5.73 Å². The van der Waals surface area contributed by atoms with Crippen molar-refractivity contribution in [3.63, 3.8) is 0 Å². The fourth-order valence-corrected chi connectivity index (χ4v) is 4.64. The Morgan fingerprint density at radius 2 is 1.88 bits per heavy atom. The van der Waals surface area contributed by atoms with E-state index in [1.807, 2.05) is 0 Å². The lowest BCUT2D eigenvalue weighted by atomic mass is 9.70. The van der Waals surface area contributed by atoms with Crippen LogP contribution in [0.1, 0.15) is 59.3 Å². The van der Waals surface area contributed by atoms with Gasteiger partial charge in [0.1, 0.15) is 0 Å². The van der Waals surface area contributed by atoms with E-state index >= 15 is 0 Å². The quantitative estimate of drug-likeness (QED) is 0.819. The average Bonchev–Trinajstić information content (AvgIpc) is 2.76. The molecule has 1 saturated heterocycles. The van der Waals surface area contributed by atoms with E-state index in [4.69, 9.17) is 5.73 Å². The number of nitrogens with two attached hydrogens (primary N) is 1. The van der Waals surface area contributed by atoms with Gasteiger partial charge in [-0.15, -0.1) is 0 Å². The molecule has 2 aliphatic rings. The smallest absolute Gasteiger partial charge is 0.0339 e. The van der Waals surface area contributed by atoms with Crippen LogP contribution in [0.15, 0.2) is 0 Å². The first kappa shape index (κ1) is 13.4. The van der Waals surface area contributed by atoms with Gasteiger partial charge in [-0.05, 0) is 56.9 Å². The van der Waals surface area contributed by atoms with Crippen molar-refractivity contribution in [2.24, 2.45) is 17.6 Å². The van der Waals surface area contributed by atoms with Crippen LogP contribution in [0, 0.1) is 11.8 Å². The van der Waals surface area contributed by atoms with Crippen molar-refractivity contribution >= 4 is 0 Å². The van der Waals surface area contributed by atoms with Gasteiger partial charge in [0, 0.05) is 18.1 Å². The molecule has 0 aromatic rings. The highest BCUT2D eigenvalue weighted by Crippen LogP contribution is 2.42. The normalized spacial score (nSPS) is 44.1. The minimum atomic E-state index is 0.328. The third-order valence-electron chi connectivity index (χ3n) is 5.10. The van der Waals surface area contributed by atoms with Crippen LogP contribution in [-0.2, 0) is 0 Å². The molecule has 0 radical (unpaired) electrons. The summed E-state index contributed by atoms with van der Waals surface area (Å²) in [7, 11) is 0. The molecule has 100 valence electrons. The van der Waals surface area contributed by atoms with Gasteiger partial charge in [0.05, 0.1) is 0 Å². The lowest BCUT2D eigenvalue weighted by Crippen LogP contribution is -2.58. The lowest BCUT2D eigenvalue weighted by Gasteiger charge is -2.50. The molecule has 0 spiro atoms. The van der Waals surface area contributed by atoms with Gasteiger partial charge in [0.15, 0.2) is 0 Å². The Balaban J connectivity index is 2.17. The molecule has 1 saturated carbocycles. The molecule has 0 aromatic heterocycles. The number of likely N-dealkylation sites (tertiary alicyclic amines) is 1. The molecule has 0 aromatic carbocycles. The average molecular weight is 238 g/mol. The van der Waals surface area contributed by atoms with E-state index in [2.05, 4.69) is 25.7 Å². The van der Waals surface area contributed by atoms with Gasteiger partial charge in [0.2, 0.25) is 0 Å². The van der Waals surface area contributed by atoms with Gasteiger partial charge >= 0.3 is 0 Å². The standard InChI is InChI=1S/C15H30N2/c1-4-14-6-5-7-17(14)15(11-16)9-12(2)8-13(3)10-15/h12-14H,4-11,16H2,1-3H3. The molecule has 2 heteroatoms. The second kappa shape index (κ2) is 5.27.